The van der Waals surface area contributed by atoms with Crippen LogP contribution in [0.25, 0.3) is 10.8 Å². The van der Waals surface area contributed by atoms with Gasteiger partial charge in [-0.1, -0.05) is 44.2 Å². The van der Waals surface area contributed by atoms with E-state index in [0.717, 1.165) is 27.6 Å². The van der Waals surface area contributed by atoms with Crippen LogP contribution in [0, 0.1) is 5.92 Å². The van der Waals surface area contributed by atoms with E-state index >= 15 is 0 Å². The predicted molar refractivity (Wildman–Crippen MR) is 142 cm³/mol. The van der Waals surface area contributed by atoms with Crippen molar-refractivity contribution in [1.29, 1.82) is 0 Å². The number of anilines is 2. The Morgan fingerprint density at radius 3 is 2.64 bits per heavy atom. The van der Waals surface area contributed by atoms with Crippen molar-refractivity contribution in [2.24, 2.45) is 5.92 Å². The molecule has 1 aliphatic heterocycles. The zero-order valence-corrected chi connectivity index (χ0v) is 21.3. The second-order valence-corrected chi connectivity index (χ2v) is 9.33. The Balaban J connectivity index is 1.76. The first-order chi connectivity index (χ1) is 17.3. The van der Waals surface area contributed by atoms with Crippen molar-refractivity contribution in [3.8, 4) is 5.75 Å². The van der Waals surface area contributed by atoms with Gasteiger partial charge in [-0.25, -0.2) is 0 Å². The lowest BCUT2D eigenvalue weighted by atomic mass is 10.0. The van der Waals surface area contributed by atoms with Crippen molar-refractivity contribution in [2.45, 2.75) is 52.6 Å². The van der Waals surface area contributed by atoms with Gasteiger partial charge in [0.05, 0.1) is 13.7 Å². The van der Waals surface area contributed by atoms with Gasteiger partial charge in [0.25, 0.3) is 0 Å². The van der Waals surface area contributed by atoms with E-state index in [2.05, 4.69) is 10.6 Å². The Morgan fingerprint density at radius 1 is 1.14 bits per heavy atom. The van der Waals surface area contributed by atoms with Crippen LogP contribution in [0.5, 0.6) is 5.75 Å². The van der Waals surface area contributed by atoms with Gasteiger partial charge < -0.3 is 20.3 Å². The van der Waals surface area contributed by atoms with Crippen LogP contribution < -0.4 is 20.3 Å². The SMILES string of the molecule is CC[C@@H](C)C(=O)N[C@H]1CCc2ccccc2N(Cc2c(OC)ccc3cc(NC(C)=O)ccc23)C1=O. The first kappa shape index (κ1) is 25.2. The van der Waals surface area contributed by atoms with Gasteiger partial charge in [0.1, 0.15) is 11.8 Å². The zero-order chi connectivity index (χ0) is 25.8. The molecule has 3 aromatic carbocycles. The number of carbonyl (C=O) groups is 3. The maximum atomic E-state index is 13.9. The largest absolute Gasteiger partial charge is 0.496 e. The van der Waals surface area contributed by atoms with Crippen LogP contribution in [0.15, 0.2) is 54.6 Å². The van der Waals surface area contributed by atoms with Crippen molar-refractivity contribution in [1.82, 2.24) is 5.32 Å². The Morgan fingerprint density at radius 2 is 1.92 bits per heavy atom. The van der Waals surface area contributed by atoms with Gasteiger partial charge in [-0.2, -0.15) is 0 Å². The molecule has 0 radical (unpaired) electrons. The van der Waals surface area contributed by atoms with E-state index < -0.39 is 6.04 Å². The maximum absolute atomic E-state index is 13.9. The van der Waals surface area contributed by atoms with Crippen LogP contribution in [0.2, 0.25) is 0 Å². The summed E-state index contributed by atoms with van der Waals surface area (Å²) in [5, 5.41) is 7.67. The fraction of sp³-hybridized carbons (Fsp3) is 0.345. The highest BCUT2D eigenvalue weighted by Gasteiger charge is 2.32. The third kappa shape index (κ3) is 5.20. The number of nitrogens with zero attached hydrogens (tertiary/aromatic N) is 1. The van der Waals surface area contributed by atoms with Crippen LogP contribution in [0.3, 0.4) is 0 Å². The number of fused-ring (bicyclic) bond motifs is 2. The first-order valence-electron chi connectivity index (χ1n) is 12.4. The second kappa shape index (κ2) is 10.8. The summed E-state index contributed by atoms with van der Waals surface area (Å²) >= 11 is 0. The topological polar surface area (TPSA) is 87.7 Å². The fourth-order valence-electron chi connectivity index (χ4n) is 4.68. The van der Waals surface area contributed by atoms with E-state index in [-0.39, 0.29) is 30.2 Å². The van der Waals surface area contributed by atoms with Crippen molar-refractivity contribution in [2.75, 3.05) is 17.3 Å². The molecule has 1 aliphatic rings. The summed E-state index contributed by atoms with van der Waals surface area (Å²) in [4.78, 5) is 39.9. The van der Waals surface area contributed by atoms with Gasteiger partial charge in [0.2, 0.25) is 17.7 Å². The lowest BCUT2D eigenvalue weighted by Gasteiger charge is -2.28. The average molecular weight is 488 g/mol. The smallest absolute Gasteiger partial charge is 0.249 e. The first-order valence-corrected chi connectivity index (χ1v) is 12.4. The number of hydrogen-bond acceptors (Lipinski definition) is 4. The van der Waals surface area contributed by atoms with E-state index in [0.29, 0.717) is 30.7 Å². The van der Waals surface area contributed by atoms with Crippen molar-refractivity contribution in [3.05, 3.63) is 65.7 Å². The summed E-state index contributed by atoms with van der Waals surface area (Å²) in [6.45, 7) is 5.60. The number of ether oxygens (including phenoxy) is 1. The third-order valence-corrected chi connectivity index (χ3v) is 6.87. The highest BCUT2D eigenvalue weighted by Crippen LogP contribution is 2.35. The van der Waals surface area contributed by atoms with Crippen LogP contribution in [0.4, 0.5) is 11.4 Å². The fourth-order valence-corrected chi connectivity index (χ4v) is 4.68. The molecule has 0 fully saturated rings. The Labute approximate surface area is 211 Å². The molecule has 3 aromatic rings. The number of carbonyl (C=O) groups excluding carboxylic acids is 3. The summed E-state index contributed by atoms with van der Waals surface area (Å²) < 4.78 is 5.70. The molecule has 0 aromatic heterocycles. The van der Waals surface area contributed by atoms with Crippen molar-refractivity contribution in [3.63, 3.8) is 0 Å². The number of rotatable bonds is 7. The molecule has 2 N–H and O–H groups in total. The number of aryl methyl sites for hydroxylation is 1. The summed E-state index contributed by atoms with van der Waals surface area (Å²) in [6.07, 6.45) is 1.95. The van der Waals surface area contributed by atoms with Gasteiger partial charge in [-0.15, -0.1) is 0 Å². The molecular weight excluding hydrogens is 454 g/mol. The minimum absolute atomic E-state index is 0.102. The molecule has 0 bridgehead atoms. The van der Waals surface area contributed by atoms with E-state index in [1.54, 1.807) is 12.0 Å². The molecule has 0 aliphatic carbocycles. The molecule has 0 saturated heterocycles. The summed E-state index contributed by atoms with van der Waals surface area (Å²) in [7, 11) is 1.61. The van der Waals surface area contributed by atoms with Crippen LogP contribution in [-0.2, 0) is 27.3 Å². The molecule has 4 rings (SSSR count). The molecule has 0 saturated carbocycles. The lowest BCUT2D eigenvalue weighted by molar-refractivity contribution is -0.129. The number of methoxy groups -OCH3 is 1. The zero-order valence-electron chi connectivity index (χ0n) is 21.3. The van der Waals surface area contributed by atoms with Gasteiger partial charge in [-0.3, -0.25) is 14.4 Å². The summed E-state index contributed by atoms with van der Waals surface area (Å²) in [5.74, 6) is 0.137. The molecule has 3 amide bonds. The van der Waals surface area contributed by atoms with Crippen molar-refractivity contribution < 1.29 is 19.1 Å². The third-order valence-electron chi connectivity index (χ3n) is 6.87. The van der Waals surface area contributed by atoms with Gasteiger partial charge >= 0.3 is 0 Å². The number of amides is 3. The number of nitrogens with one attached hydrogen (secondary N) is 2. The lowest BCUT2D eigenvalue weighted by Crippen LogP contribution is -2.49. The van der Waals surface area contributed by atoms with Crippen LogP contribution >= 0.6 is 0 Å². The average Bonchev–Trinajstić information content (AvgIpc) is 3.00. The number of hydrogen-bond donors (Lipinski definition) is 2. The summed E-state index contributed by atoms with van der Waals surface area (Å²) in [6, 6.07) is 16.8. The van der Waals surface area contributed by atoms with E-state index in [1.165, 1.54) is 6.92 Å². The molecule has 1 heterocycles. The molecule has 0 unspecified atom stereocenters. The highest BCUT2D eigenvalue weighted by molar-refractivity contribution is 6.02. The highest BCUT2D eigenvalue weighted by atomic mass is 16.5. The predicted octanol–water partition coefficient (Wildman–Crippen LogP) is 4.82. The number of benzene rings is 3. The minimum atomic E-state index is -0.605. The molecule has 188 valence electrons. The standard InChI is InChI=1S/C29H33N3O4/c1-5-18(2)28(34)31-25-14-10-20-8-6-7-9-26(20)32(29(25)35)17-24-23-13-12-22(30-19(3)33)16-21(23)11-15-27(24)36-4/h6-9,11-13,15-16,18,25H,5,10,14,17H2,1-4H3,(H,30,33)(H,31,34)/t18-,25+/m1/s1. The monoisotopic (exact) mass is 487 g/mol. The summed E-state index contributed by atoms with van der Waals surface area (Å²) in [5.41, 5.74) is 3.48. The maximum Gasteiger partial charge on any atom is 0.249 e. The quantitative estimate of drug-likeness (QED) is 0.500. The molecule has 36 heavy (non-hydrogen) atoms. The molecule has 2 atom stereocenters. The Hall–Kier alpha value is -3.87. The second-order valence-electron chi connectivity index (χ2n) is 9.33. The number of para-hydroxylation sites is 1. The van der Waals surface area contributed by atoms with Gasteiger partial charge in [0.15, 0.2) is 0 Å². The molecule has 0 spiro atoms. The Bertz CT molecular complexity index is 1300. The molecular formula is C29H33N3O4. The van der Waals surface area contributed by atoms with Gasteiger partial charge in [-0.05, 0) is 59.9 Å². The van der Waals surface area contributed by atoms with E-state index in [1.807, 2.05) is 68.4 Å². The van der Waals surface area contributed by atoms with Crippen LogP contribution in [-0.4, -0.2) is 30.9 Å². The Kier molecular flexibility index (Phi) is 7.58. The van der Waals surface area contributed by atoms with E-state index in [9.17, 15) is 14.4 Å². The van der Waals surface area contributed by atoms with Gasteiger partial charge in [0, 0.05) is 29.8 Å². The normalized spacial score (nSPS) is 16.2. The minimum Gasteiger partial charge on any atom is -0.496 e. The molecule has 7 heteroatoms. The van der Waals surface area contributed by atoms with E-state index in [4.69, 9.17) is 4.74 Å². The molecule has 7 nitrogen and oxygen atoms in total. The van der Waals surface area contributed by atoms with Crippen LogP contribution in [0.1, 0.15) is 44.7 Å². The van der Waals surface area contributed by atoms with Crippen molar-refractivity contribution >= 4 is 39.9 Å².